The molecule has 0 fully saturated rings. The van der Waals surface area contributed by atoms with Gasteiger partial charge in [0.05, 0.1) is 19.3 Å². The lowest BCUT2D eigenvalue weighted by molar-refractivity contribution is 0.139. The van der Waals surface area contributed by atoms with Gasteiger partial charge in [-0.1, -0.05) is 6.92 Å². The van der Waals surface area contributed by atoms with E-state index >= 15 is 0 Å². The predicted molar refractivity (Wildman–Crippen MR) is 63.4 cm³/mol. The first-order valence-corrected chi connectivity index (χ1v) is 4.87. The summed E-state index contributed by atoms with van der Waals surface area (Å²) in [5, 5.41) is 9.59. The Morgan fingerprint density at radius 2 is 2.12 bits per heavy atom. The number of aliphatic hydroxyl groups is 1. The van der Waals surface area contributed by atoms with Gasteiger partial charge in [-0.05, 0) is 24.6 Å². The highest BCUT2D eigenvalue weighted by Gasteiger charge is 2.19. The SMILES string of the molecule is CC[C@H](O)[C@H](N)c1cc(F)ccc1OC.Cl. The molecule has 16 heavy (non-hydrogen) atoms. The van der Waals surface area contributed by atoms with E-state index < -0.39 is 12.1 Å². The lowest BCUT2D eigenvalue weighted by Gasteiger charge is -2.20. The molecule has 0 saturated heterocycles. The Morgan fingerprint density at radius 1 is 1.50 bits per heavy atom. The Hall–Kier alpha value is -0.840. The second-order valence-corrected chi connectivity index (χ2v) is 3.39. The molecule has 3 N–H and O–H groups in total. The third kappa shape index (κ3) is 3.33. The molecule has 0 aliphatic heterocycles. The van der Waals surface area contributed by atoms with Crippen molar-refractivity contribution in [2.45, 2.75) is 25.5 Å². The fourth-order valence-corrected chi connectivity index (χ4v) is 1.43. The molecule has 0 aliphatic rings. The number of hydrogen-bond acceptors (Lipinski definition) is 3. The first-order valence-electron chi connectivity index (χ1n) is 4.87. The van der Waals surface area contributed by atoms with E-state index in [2.05, 4.69) is 0 Å². The molecular formula is C11H17ClFNO2. The van der Waals surface area contributed by atoms with Crippen molar-refractivity contribution < 1.29 is 14.2 Å². The van der Waals surface area contributed by atoms with Crippen LogP contribution in [0.2, 0.25) is 0 Å². The molecule has 3 nitrogen and oxygen atoms in total. The number of methoxy groups -OCH3 is 1. The van der Waals surface area contributed by atoms with E-state index in [0.29, 0.717) is 17.7 Å². The largest absolute Gasteiger partial charge is 0.496 e. The van der Waals surface area contributed by atoms with Crippen molar-refractivity contribution in [3.63, 3.8) is 0 Å². The first kappa shape index (κ1) is 15.2. The highest BCUT2D eigenvalue weighted by atomic mass is 35.5. The molecule has 1 aromatic carbocycles. The smallest absolute Gasteiger partial charge is 0.123 e. The van der Waals surface area contributed by atoms with Crippen molar-refractivity contribution in [2.24, 2.45) is 5.73 Å². The van der Waals surface area contributed by atoms with Gasteiger partial charge in [0.25, 0.3) is 0 Å². The average molecular weight is 250 g/mol. The highest BCUT2D eigenvalue weighted by Crippen LogP contribution is 2.27. The van der Waals surface area contributed by atoms with E-state index in [0.717, 1.165) is 0 Å². The van der Waals surface area contributed by atoms with Crippen molar-refractivity contribution >= 4 is 12.4 Å². The molecule has 2 atom stereocenters. The summed E-state index contributed by atoms with van der Waals surface area (Å²) in [6.45, 7) is 1.82. The summed E-state index contributed by atoms with van der Waals surface area (Å²) in [6, 6.07) is 3.48. The molecule has 0 aromatic heterocycles. The lowest BCUT2D eigenvalue weighted by Crippen LogP contribution is -2.26. The minimum Gasteiger partial charge on any atom is -0.496 e. The molecule has 0 spiro atoms. The summed E-state index contributed by atoms with van der Waals surface area (Å²) in [6.07, 6.45) is -0.179. The molecule has 0 bridgehead atoms. The summed E-state index contributed by atoms with van der Waals surface area (Å²) in [5.41, 5.74) is 6.29. The van der Waals surface area contributed by atoms with E-state index in [1.54, 1.807) is 0 Å². The zero-order valence-electron chi connectivity index (χ0n) is 9.31. The summed E-state index contributed by atoms with van der Waals surface area (Å²) >= 11 is 0. The number of hydrogen-bond donors (Lipinski definition) is 2. The fourth-order valence-electron chi connectivity index (χ4n) is 1.43. The van der Waals surface area contributed by atoms with E-state index in [1.165, 1.54) is 25.3 Å². The summed E-state index contributed by atoms with van der Waals surface area (Å²) in [4.78, 5) is 0. The van der Waals surface area contributed by atoms with Gasteiger partial charge in [0.2, 0.25) is 0 Å². The van der Waals surface area contributed by atoms with Crippen LogP contribution >= 0.6 is 12.4 Å². The molecule has 0 aliphatic carbocycles. The molecule has 5 heteroatoms. The topological polar surface area (TPSA) is 55.5 Å². The number of aliphatic hydroxyl groups excluding tert-OH is 1. The van der Waals surface area contributed by atoms with E-state index in [9.17, 15) is 9.50 Å². The summed E-state index contributed by atoms with van der Waals surface area (Å²) < 4.78 is 18.1. The van der Waals surface area contributed by atoms with Gasteiger partial charge in [0, 0.05) is 5.56 Å². The van der Waals surface area contributed by atoms with Crippen LogP contribution in [0.15, 0.2) is 18.2 Å². The molecule has 0 saturated carbocycles. The van der Waals surface area contributed by atoms with Crippen molar-refractivity contribution in [1.82, 2.24) is 0 Å². The Kier molecular flexibility index (Phi) is 6.33. The number of ether oxygens (including phenoxy) is 1. The molecule has 0 radical (unpaired) electrons. The predicted octanol–water partition coefficient (Wildman–Crippen LogP) is 2.03. The zero-order valence-corrected chi connectivity index (χ0v) is 10.1. The van der Waals surface area contributed by atoms with Crippen LogP contribution in [0.25, 0.3) is 0 Å². The van der Waals surface area contributed by atoms with Crippen molar-refractivity contribution in [1.29, 1.82) is 0 Å². The Bertz CT molecular complexity index is 336. The third-order valence-corrected chi connectivity index (χ3v) is 2.38. The molecule has 1 rings (SSSR count). The zero-order chi connectivity index (χ0) is 11.4. The molecule has 1 aromatic rings. The maximum Gasteiger partial charge on any atom is 0.123 e. The second kappa shape index (κ2) is 6.68. The molecule has 0 heterocycles. The van der Waals surface area contributed by atoms with Gasteiger partial charge < -0.3 is 15.6 Å². The van der Waals surface area contributed by atoms with E-state index in [1.807, 2.05) is 6.92 Å². The minimum absolute atomic E-state index is 0. The van der Waals surface area contributed by atoms with Gasteiger partial charge in [-0.2, -0.15) is 0 Å². The normalized spacial score (nSPS) is 13.8. The average Bonchev–Trinajstić information content (AvgIpc) is 2.27. The number of nitrogens with two attached hydrogens (primary N) is 1. The Balaban J connectivity index is 0.00000225. The Labute approximate surface area is 101 Å². The summed E-state index contributed by atoms with van der Waals surface area (Å²) in [7, 11) is 1.49. The second-order valence-electron chi connectivity index (χ2n) is 3.39. The van der Waals surface area contributed by atoms with Crippen LogP contribution in [0, 0.1) is 5.82 Å². The lowest BCUT2D eigenvalue weighted by atomic mass is 9.99. The van der Waals surface area contributed by atoms with Crippen molar-refractivity contribution in [3.05, 3.63) is 29.6 Å². The first-order chi connectivity index (χ1) is 7.10. The minimum atomic E-state index is -0.694. The van der Waals surface area contributed by atoms with Gasteiger partial charge in [-0.25, -0.2) is 4.39 Å². The van der Waals surface area contributed by atoms with Crippen LogP contribution < -0.4 is 10.5 Å². The monoisotopic (exact) mass is 249 g/mol. The van der Waals surface area contributed by atoms with Gasteiger partial charge in [-0.15, -0.1) is 12.4 Å². The Morgan fingerprint density at radius 3 is 2.62 bits per heavy atom. The standard InChI is InChI=1S/C11H16FNO2.ClH/c1-3-9(14)11(13)8-6-7(12)4-5-10(8)15-2;/h4-6,9,11,14H,3,13H2,1-2H3;1H/t9-,11+;/m0./s1. The maximum absolute atomic E-state index is 13.0. The van der Waals surface area contributed by atoms with Gasteiger partial charge in [-0.3, -0.25) is 0 Å². The number of rotatable bonds is 4. The summed E-state index contributed by atoms with van der Waals surface area (Å²) in [5.74, 6) is 0.112. The highest BCUT2D eigenvalue weighted by molar-refractivity contribution is 5.85. The van der Waals surface area contributed by atoms with Gasteiger partial charge in [0.15, 0.2) is 0 Å². The van der Waals surface area contributed by atoms with Crippen LogP contribution in [0.3, 0.4) is 0 Å². The maximum atomic E-state index is 13.0. The van der Waals surface area contributed by atoms with Crippen molar-refractivity contribution in [2.75, 3.05) is 7.11 Å². The van der Waals surface area contributed by atoms with Crippen molar-refractivity contribution in [3.8, 4) is 5.75 Å². The number of benzene rings is 1. The molecule has 92 valence electrons. The number of halogens is 2. The third-order valence-electron chi connectivity index (χ3n) is 2.38. The quantitative estimate of drug-likeness (QED) is 0.859. The fraction of sp³-hybridized carbons (Fsp3) is 0.455. The molecular weight excluding hydrogens is 233 g/mol. The van der Waals surface area contributed by atoms with Gasteiger partial charge in [0.1, 0.15) is 11.6 Å². The molecule has 0 unspecified atom stereocenters. The van der Waals surface area contributed by atoms with Gasteiger partial charge >= 0.3 is 0 Å². The van der Waals surface area contributed by atoms with Crippen LogP contribution in [-0.2, 0) is 0 Å². The van der Waals surface area contributed by atoms with E-state index in [-0.39, 0.29) is 18.2 Å². The molecule has 0 amide bonds. The van der Waals surface area contributed by atoms with Crippen LogP contribution in [0.1, 0.15) is 24.9 Å². The van der Waals surface area contributed by atoms with Crippen LogP contribution in [0.4, 0.5) is 4.39 Å². The van der Waals surface area contributed by atoms with Crippen LogP contribution in [0.5, 0.6) is 5.75 Å². The van der Waals surface area contributed by atoms with E-state index in [4.69, 9.17) is 10.5 Å². The van der Waals surface area contributed by atoms with Crippen LogP contribution in [-0.4, -0.2) is 18.3 Å².